The molecule has 0 radical (unpaired) electrons. The zero-order chi connectivity index (χ0) is 20.4. The number of ether oxygens (including phenoxy) is 1. The predicted molar refractivity (Wildman–Crippen MR) is 105 cm³/mol. The van der Waals surface area contributed by atoms with Gasteiger partial charge >= 0.3 is 0 Å². The zero-order valence-corrected chi connectivity index (χ0v) is 16.3. The monoisotopic (exact) mass is 405 g/mol. The van der Waals surface area contributed by atoms with Crippen LogP contribution in [-0.4, -0.2) is 39.9 Å². The number of sulfonamides is 1. The van der Waals surface area contributed by atoms with E-state index in [0.717, 1.165) is 0 Å². The van der Waals surface area contributed by atoms with E-state index in [1.54, 1.807) is 12.1 Å². The molecule has 9 heteroatoms. The molecule has 2 rings (SSSR count). The lowest BCUT2D eigenvalue weighted by Gasteiger charge is -2.09. The fourth-order valence-corrected chi connectivity index (χ4v) is 3.29. The number of para-hydroxylation sites is 1. The fraction of sp³-hybridized carbons (Fsp3) is 0.263. The first kappa shape index (κ1) is 21.4. The number of anilines is 1. The highest BCUT2D eigenvalue weighted by Gasteiger charge is 2.13. The lowest BCUT2D eigenvalue weighted by Crippen LogP contribution is -2.35. The van der Waals surface area contributed by atoms with Crippen LogP contribution < -0.4 is 20.1 Å². The van der Waals surface area contributed by atoms with Crippen LogP contribution in [0.5, 0.6) is 5.75 Å². The lowest BCUT2D eigenvalue weighted by atomic mass is 10.3. The highest BCUT2D eigenvalue weighted by atomic mass is 32.2. The number of carbonyl (C=O) groups excluding carboxylic acids is 2. The molecule has 0 saturated heterocycles. The summed E-state index contributed by atoms with van der Waals surface area (Å²) in [6.07, 6.45) is 0.173. The van der Waals surface area contributed by atoms with E-state index in [1.807, 2.05) is 18.2 Å². The van der Waals surface area contributed by atoms with Gasteiger partial charge < -0.3 is 15.4 Å². The predicted octanol–water partition coefficient (Wildman–Crippen LogP) is 1.51. The molecule has 2 aromatic carbocycles. The van der Waals surface area contributed by atoms with Gasteiger partial charge in [-0.15, -0.1) is 0 Å². The average molecular weight is 405 g/mol. The van der Waals surface area contributed by atoms with Crippen molar-refractivity contribution >= 4 is 27.5 Å². The Hall–Kier alpha value is -2.91. The van der Waals surface area contributed by atoms with Gasteiger partial charge in [-0.1, -0.05) is 18.2 Å². The third kappa shape index (κ3) is 7.37. The summed E-state index contributed by atoms with van der Waals surface area (Å²) in [4.78, 5) is 22.8. The van der Waals surface area contributed by atoms with Gasteiger partial charge in [-0.05, 0) is 36.4 Å². The molecule has 0 unspecified atom stereocenters. The maximum Gasteiger partial charge on any atom is 0.240 e. The molecule has 0 heterocycles. The first-order chi connectivity index (χ1) is 13.4. The quantitative estimate of drug-likeness (QED) is 0.519. The molecule has 8 nitrogen and oxygen atoms in total. The molecule has 0 fully saturated rings. The molecular weight excluding hydrogens is 382 g/mol. The Kier molecular flexibility index (Phi) is 7.97. The molecule has 0 aliphatic carbocycles. The van der Waals surface area contributed by atoms with Gasteiger partial charge in [0, 0.05) is 25.7 Å². The van der Waals surface area contributed by atoms with Gasteiger partial charge in [-0.3, -0.25) is 9.59 Å². The van der Waals surface area contributed by atoms with Crippen LogP contribution in [0.2, 0.25) is 0 Å². The minimum absolute atomic E-state index is 0.0566. The van der Waals surface area contributed by atoms with Crippen molar-refractivity contribution in [1.82, 2.24) is 10.0 Å². The minimum atomic E-state index is -3.70. The number of rotatable bonds is 10. The first-order valence-electron chi connectivity index (χ1n) is 8.69. The summed E-state index contributed by atoms with van der Waals surface area (Å²) in [7, 11) is -3.70. The van der Waals surface area contributed by atoms with Crippen molar-refractivity contribution in [2.24, 2.45) is 0 Å². The van der Waals surface area contributed by atoms with E-state index in [4.69, 9.17) is 4.74 Å². The Balaban J connectivity index is 1.68. The van der Waals surface area contributed by atoms with Crippen LogP contribution in [0.25, 0.3) is 0 Å². The van der Waals surface area contributed by atoms with E-state index in [1.165, 1.54) is 31.2 Å². The number of amides is 2. The van der Waals surface area contributed by atoms with Crippen molar-refractivity contribution in [2.75, 3.05) is 25.0 Å². The molecule has 2 aromatic rings. The van der Waals surface area contributed by atoms with Crippen molar-refractivity contribution in [3.05, 3.63) is 54.6 Å². The van der Waals surface area contributed by atoms with Gasteiger partial charge in [-0.25, -0.2) is 13.1 Å². The number of carbonyl (C=O) groups is 2. The maximum absolute atomic E-state index is 12.2. The molecule has 3 N–H and O–H groups in total. The number of hydrogen-bond acceptors (Lipinski definition) is 5. The molecule has 0 saturated carbocycles. The van der Waals surface area contributed by atoms with Crippen LogP contribution in [0, 0.1) is 0 Å². The van der Waals surface area contributed by atoms with Crippen molar-refractivity contribution in [1.29, 1.82) is 0 Å². The Bertz CT molecular complexity index is 884. The van der Waals surface area contributed by atoms with Gasteiger partial charge in [0.1, 0.15) is 5.75 Å². The summed E-state index contributed by atoms with van der Waals surface area (Å²) in [6.45, 7) is 1.82. The molecule has 2 amide bonds. The SMILES string of the molecule is CC(=O)Nc1ccc(S(=O)(=O)NCCNC(=O)CCOc2ccccc2)cc1. The van der Waals surface area contributed by atoms with Crippen molar-refractivity contribution in [3.63, 3.8) is 0 Å². The summed E-state index contributed by atoms with van der Waals surface area (Å²) < 4.78 is 32.3. The summed E-state index contributed by atoms with van der Waals surface area (Å²) in [5.74, 6) is 0.223. The molecular formula is C19H23N3O5S. The van der Waals surface area contributed by atoms with Gasteiger partial charge in [0.05, 0.1) is 17.9 Å². The third-order valence-electron chi connectivity index (χ3n) is 3.57. The van der Waals surface area contributed by atoms with Gasteiger partial charge in [0.25, 0.3) is 0 Å². The van der Waals surface area contributed by atoms with Crippen LogP contribution in [0.1, 0.15) is 13.3 Å². The van der Waals surface area contributed by atoms with E-state index in [2.05, 4.69) is 15.4 Å². The Morgan fingerprint density at radius 2 is 1.64 bits per heavy atom. The first-order valence-corrected chi connectivity index (χ1v) is 10.2. The molecule has 0 atom stereocenters. The standard InChI is InChI=1S/C19H23N3O5S/c1-15(23)22-16-7-9-18(10-8-16)28(25,26)21-13-12-20-19(24)11-14-27-17-5-3-2-4-6-17/h2-10,21H,11-14H2,1H3,(H,20,24)(H,22,23). The van der Waals surface area contributed by atoms with E-state index < -0.39 is 10.0 Å². The number of benzene rings is 2. The van der Waals surface area contributed by atoms with Crippen molar-refractivity contribution in [2.45, 2.75) is 18.2 Å². The van der Waals surface area contributed by atoms with E-state index in [-0.39, 0.29) is 42.8 Å². The Morgan fingerprint density at radius 1 is 0.964 bits per heavy atom. The van der Waals surface area contributed by atoms with Gasteiger partial charge in [0.15, 0.2) is 0 Å². The summed E-state index contributed by atoms with van der Waals surface area (Å²) >= 11 is 0. The zero-order valence-electron chi connectivity index (χ0n) is 15.5. The molecule has 0 spiro atoms. The largest absolute Gasteiger partial charge is 0.493 e. The molecule has 0 aliphatic rings. The molecule has 0 aliphatic heterocycles. The Morgan fingerprint density at radius 3 is 2.29 bits per heavy atom. The topological polar surface area (TPSA) is 114 Å². The summed E-state index contributed by atoms with van der Waals surface area (Å²) in [5, 5.41) is 5.19. The van der Waals surface area contributed by atoms with Crippen LogP contribution >= 0.6 is 0 Å². The van der Waals surface area contributed by atoms with Crippen LogP contribution in [0.3, 0.4) is 0 Å². The second kappa shape index (κ2) is 10.4. The minimum Gasteiger partial charge on any atom is -0.493 e. The van der Waals surface area contributed by atoms with Crippen molar-refractivity contribution in [3.8, 4) is 5.75 Å². The lowest BCUT2D eigenvalue weighted by molar-refractivity contribution is -0.121. The van der Waals surface area contributed by atoms with Crippen LogP contribution in [0.15, 0.2) is 59.5 Å². The maximum atomic E-state index is 12.2. The summed E-state index contributed by atoms with van der Waals surface area (Å²) in [6, 6.07) is 15.0. The number of hydrogen-bond donors (Lipinski definition) is 3. The second-order valence-electron chi connectivity index (χ2n) is 5.86. The normalized spacial score (nSPS) is 10.9. The summed E-state index contributed by atoms with van der Waals surface area (Å²) in [5.41, 5.74) is 0.511. The van der Waals surface area contributed by atoms with E-state index >= 15 is 0 Å². The fourth-order valence-electron chi connectivity index (χ4n) is 2.26. The molecule has 0 bridgehead atoms. The highest BCUT2D eigenvalue weighted by molar-refractivity contribution is 7.89. The molecule has 28 heavy (non-hydrogen) atoms. The van der Waals surface area contributed by atoms with Crippen LogP contribution in [0.4, 0.5) is 5.69 Å². The average Bonchev–Trinajstić information content (AvgIpc) is 2.66. The number of nitrogens with one attached hydrogen (secondary N) is 3. The smallest absolute Gasteiger partial charge is 0.240 e. The van der Waals surface area contributed by atoms with E-state index in [0.29, 0.717) is 11.4 Å². The van der Waals surface area contributed by atoms with E-state index in [9.17, 15) is 18.0 Å². The van der Waals surface area contributed by atoms with Gasteiger partial charge in [-0.2, -0.15) is 0 Å². The third-order valence-corrected chi connectivity index (χ3v) is 5.04. The van der Waals surface area contributed by atoms with Crippen molar-refractivity contribution < 1.29 is 22.7 Å². The molecule has 0 aromatic heterocycles. The second-order valence-corrected chi connectivity index (χ2v) is 7.63. The molecule has 150 valence electrons. The Labute approximate surface area is 164 Å². The highest BCUT2D eigenvalue weighted by Crippen LogP contribution is 2.13. The van der Waals surface area contributed by atoms with Gasteiger partial charge in [0.2, 0.25) is 21.8 Å². The van der Waals surface area contributed by atoms with Crippen LogP contribution in [-0.2, 0) is 19.6 Å².